The maximum Gasteiger partial charge on any atom is 0.294 e. The molecule has 0 fully saturated rings. The van der Waals surface area contributed by atoms with Crippen molar-refractivity contribution in [3.8, 4) is 6.07 Å². The largest absolute Gasteiger partial charge is 0.330 e. The first-order chi connectivity index (χ1) is 11.3. The van der Waals surface area contributed by atoms with E-state index in [1.54, 1.807) is 6.07 Å². The zero-order valence-corrected chi connectivity index (χ0v) is 13.4. The number of hydrogen-bond acceptors (Lipinski definition) is 6. The predicted molar refractivity (Wildman–Crippen MR) is 85.0 cm³/mol. The van der Waals surface area contributed by atoms with Gasteiger partial charge in [0.15, 0.2) is 0 Å². The van der Waals surface area contributed by atoms with Gasteiger partial charge in [0.25, 0.3) is 16.0 Å². The van der Waals surface area contributed by atoms with Crippen LogP contribution in [0.3, 0.4) is 0 Å². The van der Waals surface area contributed by atoms with Crippen LogP contribution in [-0.4, -0.2) is 43.3 Å². The average molecular weight is 352 g/mol. The number of rotatable bonds is 8. The van der Waals surface area contributed by atoms with Gasteiger partial charge in [-0.1, -0.05) is 6.07 Å². The van der Waals surface area contributed by atoms with Gasteiger partial charge < -0.3 is 16.0 Å². The van der Waals surface area contributed by atoms with Crippen LogP contribution in [-0.2, 0) is 19.7 Å². The van der Waals surface area contributed by atoms with Gasteiger partial charge in [0.1, 0.15) is 11.6 Å². The molecule has 0 atom stereocenters. The number of nitrogens with zero attached hydrogens (tertiary/aromatic N) is 2. The van der Waals surface area contributed by atoms with Crippen LogP contribution in [0.15, 0.2) is 40.9 Å². The molecular weight excluding hydrogens is 336 g/mol. The fourth-order valence-corrected chi connectivity index (χ4v) is 2.18. The summed E-state index contributed by atoms with van der Waals surface area (Å²) in [6, 6.07) is 6.53. The number of nitriles is 1. The Morgan fingerprint density at radius 3 is 2.71 bits per heavy atom. The molecule has 0 aliphatic heterocycles. The highest BCUT2D eigenvalue weighted by Gasteiger charge is 2.14. The molecule has 0 aliphatic carbocycles. The Hall–Kier alpha value is -2.74. The van der Waals surface area contributed by atoms with Crippen molar-refractivity contribution in [2.45, 2.75) is 11.3 Å². The first-order valence-electron chi connectivity index (χ1n) is 6.73. The summed E-state index contributed by atoms with van der Waals surface area (Å²) in [6.45, 7) is 0.589. The van der Waals surface area contributed by atoms with Crippen molar-refractivity contribution in [3.05, 3.63) is 36.0 Å². The fraction of sp³-hybridized carbons (Fsp3) is 0.214. The fourth-order valence-electron chi connectivity index (χ4n) is 1.66. The van der Waals surface area contributed by atoms with Crippen LogP contribution in [0.25, 0.3) is 0 Å². The minimum absolute atomic E-state index is 0.0656. The number of carbonyl (C=O) groups excluding carboxylic acids is 2. The third kappa shape index (κ3) is 5.81. The second-order valence-electron chi connectivity index (χ2n) is 4.60. The standard InChI is InChI=1S/C14H16N4O5S/c15-5-2-6-18(10-19)9-11(8-16)14(20)17-12-3-1-4-13(7-12)24(21,22)23/h1,3-4,7,9-10H,2,5-6,15H2,(H,17,20)(H,21,22,23)/b11-9-. The van der Waals surface area contributed by atoms with E-state index in [0.29, 0.717) is 19.4 Å². The first kappa shape index (κ1) is 19.3. The molecule has 1 aromatic rings. The van der Waals surface area contributed by atoms with Crippen LogP contribution in [0.2, 0.25) is 0 Å². The maximum atomic E-state index is 12.0. The second-order valence-corrected chi connectivity index (χ2v) is 6.02. The zero-order chi connectivity index (χ0) is 18.2. The Labute approximate surface area is 139 Å². The lowest BCUT2D eigenvalue weighted by Gasteiger charge is -2.12. The molecule has 0 saturated heterocycles. The minimum atomic E-state index is -4.42. The van der Waals surface area contributed by atoms with E-state index in [2.05, 4.69) is 5.32 Å². The number of benzene rings is 1. The minimum Gasteiger partial charge on any atom is -0.330 e. The smallest absolute Gasteiger partial charge is 0.294 e. The Kier molecular flexibility index (Phi) is 7.06. The van der Waals surface area contributed by atoms with E-state index >= 15 is 0 Å². The lowest BCUT2D eigenvalue weighted by Crippen LogP contribution is -2.22. The van der Waals surface area contributed by atoms with Gasteiger partial charge in [-0.2, -0.15) is 13.7 Å². The summed E-state index contributed by atoms with van der Waals surface area (Å²) in [4.78, 5) is 23.7. The Morgan fingerprint density at radius 2 is 2.17 bits per heavy atom. The maximum absolute atomic E-state index is 12.0. The Balaban J connectivity index is 2.96. The number of nitrogens with one attached hydrogen (secondary N) is 1. The van der Waals surface area contributed by atoms with E-state index in [-0.39, 0.29) is 17.8 Å². The van der Waals surface area contributed by atoms with E-state index < -0.39 is 20.9 Å². The van der Waals surface area contributed by atoms with Gasteiger partial charge in [-0.05, 0) is 31.2 Å². The van der Waals surface area contributed by atoms with Gasteiger partial charge in [0.05, 0.1) is 4.90 Å². The third-order valence-electron chi connectivity index (χ3n) is 2.81. The van der Waals surface area contributed by atoms with E-state index in [1.165, 1.54) is 12.1 Å². The molecule has 0 aromatic heterocycles. The van der Waals surface area contributed by atoms with Crippen LogP contribution in [0.1, 0.15) is 6.42 Å². The van der Waals surface area contributed by atoms with Crippen molar-refractivity contribution in [1.82, 2.24) is 4.90 Å². The third-order valence-corrected chi connectivity index (χ3v) is 3.66. The SMILES string of the molecule is N#C/C(=C/N(C=O)CCCN)C(=O)Nc1cccc(S(=O)(=O)O)c1. The Morgan fingerprint density at radius 1 is 1.46 bits per heavy atom. The van der Waals surface area contributed by atoms with Crippen molar-refractivity contribution < 1.29 is 22.6 Å². The van der Waals surface area contributed by atoms with Gasteiger partial charge in [-0.25, -0.2) is 0 Å². The van der Waals surface area contributed by atoms with Crippen molar-refractivity contribution >= 4 is 28.1 Å². The van der Waals surface area contributed by atoms with Crippen molar-refractivity contribution in [2.24, 2.45) is 5.73 Å². The topological polar surface area (TPSA) is 154 Å². The summed E-state index contributed by atoms with van der Waals surface area (Å²) in [7, 11) is -4.42. The summed E-state index contributed by atoms with van der Waals surface area (Å²) in [5.74, 6) is -0.829. The summed E-state index contributed by atoms with van der Waals surface area (Å²) >= 11 is 0. The van der Waals surface area contributed by atoms with Crippen LogP contribution in [0.5, 0.6) is 0 Å². The highest BCUT2D eigenvalue weighted by molar-refractivity contribution is 7.85. The number of amides is 2. The number of anilines is 1. The van der Waals surface area contributed by atoms with Gasteiger partial charge in [-0.3, -0.25) is 14.1 Å². The summed E-state index contributed by atoms with van der Waals surface area (Å²) in [5, 5.41) is 11.4. The van der Waals surface area contributed by atoms with Gasteiger partial charge in [0.2, 0.25) is 6.41 Å². The molecule has 0 heterocycles. The highest BCUT2D eigenvalue weighted by atomic mass is 32.2. The van der Waals surface area contributed by atoms with Crippen LogP contribution < -0.4 is 11.1 Å². The zero-order valence-electron chi connectivity index (χ0n) is 12.5. The van der Waals surface area contributed by atoms with Crippen molar-refractivity contribution in [2.75, 3.05) is 18.4 Å². The molecule has 1 rings (SSSR count). The van der Waals surface area contributed by atoms with E-state index in [0.717, 1.165) is 23.2 Å². The molecular formula is C14H16N4O5S. The normalized spacial score (nSPS) is 11.5. The monoisotopic (exact) mass is 352 g/mol. The molecule has 0 saturated carbocycles. The van der Waals surface area contributed by atoms with E-state index in [9.17, 15) is 18.0 Å². The van der Waals surface area contributed by atoms with Crippen molar-refractivity contribution in [1.29, 1.82) is 5.26 Å². The summed E-state index contributed by atoms with van der Waals surface area (Å²) in [6.07, 6.45) is 2.02. The molecule has 128 valence electrons. The Bertz CT molecular complexity index is 783. The molecule has 4 N–H and O–H groups in total. The first-order valence-corrected chi connectivity index (χ1v) is 8.17. The van der Waals surface area contributed by atoms with Gasteiger partial charge in [0, 0.05) is 18.4 Å². The van der Waals surface area contributed by atoms with Gasteiger partial charge >= 0.3 is 0 Å². The highest BCUT2D eigenvalue weighted by Crippen LogP contribution is 2.16. The molecule has 0 unspecified atom stereocenters. The van der Waals surface area contributed by atoms with Crippen LogP contribution >= 0.6 is 0 Å². The number of hydrogen-bond donors (Lipinski definition) is 3. The number of carbonyl (C=O) groups is 2. The quantitative estimate of drug-likeness (QED) is 0.259. The van der Waals surface area contributed by atoms with Gasteiger partial charge in [-0.15, -0.1) is 0 Å². The lowest BCUT2D eigenvalue weighted by molar-refractivity contribution is -0.116. The second kappa shape index (κ2) is 8.78. The molecule has 9 nitrogen and oxygen atoms in total. The number of nitrogens with two attached hydrogens (primary N) is 1. The van der Waals surface area contributed by atoms with E-state index in [1.807, 2.05) is 0 Å². The summed E-state index contributed by atoms with van der Waals surface area (Å²) < 4.78 is 31.1. The molecule has 0 aliphatic rings. The van der Waals surface area contributed by atoms with Crippen LogP contribution in [0.4, 0.5) is 5.69 Å². The molecule has 1 aromatic carbocycles. The van der Waals surface area contributed by atoms with Crippen LogP contribution in [0, 0.1) is 11.3 Å². The molecule has 2 amide bonds. The van der Waals surface area contributed by atoms with Crippen molar-refractivity contribution in [3.63, 3.8) is 0 Å². The molecule has 24 heavy (non-hydrogen) atoms. The molecule has 0 radical (unpaired) electrons. The van der Waals surface area contributed by atoms with E-state index in [4.69, 9.17) is 15.5 Å². The average Bonchev–Trinajstić information content (AvgIpc) is 2.54. The molecule has 0 bridgehead atoms. The summed E-state index contributed by atoms with van der Waals surface area (Å²) in [5.41, 5.74) is 5.04. The lowest BCUT2D eigenvalue weighted by atomic mass is 10.2. The predicted octanol–water partition coefficient (Wildman–Crippen LogP) is 0.0865. The molecule has 10 heteroatoms. The molecule has 0 spiro atoms.